The number of rotatable bonds is 4. The summed E-state index contributed by atoms with van der Waals surface area (Å²) in [6.45, 7) is 2.16. The summed E-state index contributed by atoms with van der Waals surface area (Å²) < 4.78 is 26.3. The molecule has 1 aromatic heterocycles. The van der Waals surface area contributed by atoms with Crippen molar-refractivity contribution in [1.82, 2.24) is 9.78 Å². The van der Waals surface area contributed by atoms with Gasteiger partial charge in [0.05, 0.1) is 11.2 Å². The van der Waals surface area contributed by atoms with Gasteiger partial charge in [0.25, 0.3) is 5.78 Å². The number of aromatic nitrogens is 2. The van der Waals surface area contributed by atoms with E-state index in [0.29, 0.717) is 13.0 Å². The zero-order valence-corrected chi connectivity index (χ0v) is 9.32. The summed E-state index contributed by atoms with van der Waals surface area (Å²) in [6.07, 6.45) is 1.79. The molecule has 0 aromatic carbocycles. The molecule has 0 atom stereocenters. The summed E-state index contributed by atoms with van der Waals surface area (Å²) in [7, 11) is 0. The monoisotopic (exact) mass is 256 g/mol. The fraction of sp³-hybridized carbons (Fsp3) is 0.500. The average molecular weight is 257 g/mol. The van der Waals surface area contributed by atoms with Crippen LogP contribution < -0.4 is 0 Å². The molecule has 0 aliphatic rings. The summed E-state index contributed by atoms with van der Waals surface area (Å²) in [5.41, 5.74) is -0.349. The second-order valence-corrected chi connectivity index (χ2v) is 3.77. The Morgan fingerprint density at radius 1 is 1.67 bits per heavy atom. The highest BCUT2D eigenvalue weighted by molar-refractivity contribution is 6.39. The molecule has 0 N–H and O–H groups in total. The van der Waals surface area contributed by atoms with Crippen molar-refractivity contribution in [1.29, 1.82) is 0 Å². The lowest BCUT2D eigenvalue weighted by Crippen LogP contribution is -2.25. The first-order chi connectivity index (χ1) is 6.88. The van der Waals surface area contributed by atoms with Crippen molar-refractivity contribution >= 4 is 29.0 Å². The number of aryl methyl sites for hydroxylation is 1. The Morgan fingerprint density at radius 2 is 2.27 bits per heavy atom. The van der Waals surface area contributed by atoms with Crippen LogP contribution in [0.3, 0.4) is 0 Å². The highest BCUT2D eigenvalue weighted by Gasteiger charge is 2.40. The molecule has 0 amide bonds. The van der Waals surface area contributed by atoms with Crippen molar-refractivity contribution in [2.75, 3.05) is 0 Å². The molecule has 1 aromatic rings. The van der Waals surface area contributed by atoms with Crippen LogP contribution >= 0.6 is 23.2 Å². The molecule has 15 heavy (non-hydrogen) atoms. The van der Waals surface area contributed by atoms with Crippen LogP contribution in [0.15, 0.2) is 6.20 Å². The number of Topliss-reactive ketones (excluding diaryl/α,β-unsaturated/α-hetero) is 1. The van der Waals surface area contributed by atoms with Crippen LogP contribution in [0.4, 0.5) is 8.78 Å². The minimum absolute atomic E-state index is 0.117. The topological polar surface area (TPSA) is 34.9 Å². The Kier molecular flexibility index (Phi) is 3.67. The number of hydrogen-bond acceptors (Lipinski definition) is 2. The fourth-order valence-corrected chi connectivity index (χ4v) is 1.42. The molecule has 1 rings (SSSR count). The van der Waals surface area contributed by atoms with Gasteiger partial charge in [0.1, 0.15) is 5.69 Å². The minimum atomic E-state index is -3.95. The molecular weight excluding hydrogens is 249 g/mol. The van der Waals surface area contributed by atoms with E-state index >= 15 is 0 Å². The van der Waals surface area contributed by atoms with Gasteiger partial charge in [0, 0.05) is 6.54 Å². The molecule has 1 heterocycles. The molecule has 0 bridgehead atoms. The van der Waals surface area contributed by atoms with Crippen molar-refractivity contribution in [3.63, 3.8) is 0 Å². The smallest absolute Gasteiger partial charge is 0.284 e. The number of alkyl halides is 3. The molecular formula is C8H8Cl2F2N2O. The predicted molar refractivity (Wildman–Crippen MR) is 52.7 cm³/mol. The zero-order chi connectivity index (χ0) is 11.6. The Balaban J connectivity index is 3.12. The summed E-state index contributed by atoms with van der Waals surface area (Å²) in [5, 5.41) is -0.354. The lowest BCUT2D eigenvalue weighted by molar-refractivity contribution is 0.0524. The van der Waals surface area contributed by atoms with Crippen LogP contribution in [0.25, 0.3) is 0 Å². The highest BCUT2D eigenvalue weighted by atomic mass is 35.5. The zero-order valence-electron chi connectivity index (χ0n) is 7.81. The van der Waals surface area contributed by atoms with Crippen molar-refractivity contribution in [2.24, 2.45) is 0 Å². The van der Waals surface area contributed by atoms with Crippen molar-refractivity contribution in [3.8, 4) is 0 Å². The van der Waals surface area contributed by atoms with Crippen LogP contribution in [0.1, 0.15) is 23.8 Å². The summed E-state index contributed by atoms with van der Waals surface area (Å²) in [5.74, 6) is -1.53. The fourth-order valence-electron chi connectivity index (χ4n) is 1.10. The molecule has 0 unspecified atom stereocenters. The van der Waals surface area contributed by atoms with E-state index in [4.69, 9.17) is 11.6 Å². The molecule has 0 aliphatic heterocycles. The van der Waals surface area contributed by atoms with Gasteiger partial charge in [-0.1, -0.05) is 18.5 Å². The second-order valence-electron chi connectivity index (χ2n) is 2.89. The first kappa shape index (κ1) is 12.4. The predicted octanol–water partition coefficient (Wildman–Crippen LogP) is 2.96. The summed E-state index contributed by atoms with van der Waals surface area (Å²) in [6, 6.07) is 0. The van der Waals surface area contributed by atoms with Crippen molar-refractivity contribution in [2.45, 2.75) is 25.3 Å². The first-order valence-electron chi connectivity index (χ1n) is 4.20. The van der Waals surface area contributed by atoms with Gasteiger partial charge < -0.3 is 0 Å². The Labute approximate surface area is 95.0 Å². The van der Waals surface area contributed by atoms with Crippen molar-refractivity contribution in [3.05, 3.63) is 16.9 Å². The van der Waals surface area contributed by atoms with E-state index in [0.717, 1.165) is 10.9 Å². The maximum absolute atomic E-state index is 12.6. The summed E-state index contributed by atoms with van der Waals surface area (Å²) >= 11 is 10.2. The standard InChI is InChI=1S/C8H8Cl2F2N2O/c1-2-3-14-6(5(9)4-13-14)7(15)8(10,11)12/h4H,2-3H2,1H3. The highest BCUT2D eigenvalue weighted by Crippen LogP contribution is 2.28. The van der Waals surface area contributed by atoms with Gasteiger partial charge in [-0.05, 0) is 18.0 Å². The first-order valence-corrected chi connectivity index (χ1v) is 4.96. The molecule has 84 valence electrons. The third-order valence-electron chi connectivity index (χ3n) is 1.70. The number of hydrogen-bond donors (Lipinski definition) is 0. The van der Waals surface area contributed by atoms with E-state index in [9.17, 15) is 13.6 Å². The van der Waals surface area contributed by atoms with Gasteiger partial charge >= 0.3 is 5.38 Å². The molecule has 0 aliphatic carbocycles. The lowest BCUT2D eigenvalue weighted by atomic mass is 10.3. The van der Waals surface area contributed by atoms with E-state index in [2.05, 4.69) is 16.7 Å². The van der Waals surface area contributed by atoms with Crippen LogP contribution in [0.2, 0.25) is 5.02 Å². The van der Waals surface area contributed by atoms with Gasteiger partial charge in [0.15, 0.2) is 0 Å². The molecule has 3 nitrogen and oxygen atoms in total. The Hall–Kier alpha value is -0.680. The van der Waals surface area contributed by atoms with Crippen LogP contribution in [0.5, 0.6) is 0 Å². The maximum Gasteiger partial charge on any atom is 0.386 e. The number of carbonyl (C=O) groups excluding carboxylic acids is 1. The van der Waals surface area contributed by atoms with Gasteiger partial charge in [-0.2, -0.15) is 13.9 Å². The largest absolute Gasteiger partial charge is 0.386 e. The van der Waals surface area contributed by atoms with Crippen molar-refractivity contribution < 1.29 is 13.6 Å². The number of nitrogens with zero attached hydrogens (tertiary/aromatic N) is 2. The average Bonchev–Trinajstić information content (AvgIpc) is 2.45. The maximum atomic E-state index is 12.6. The second kappa shape index (κ2) is 4.45. The summed E-state index contributed by atoms with van der Waals surface area (Å²) in [4.78, 5) is 11.2. The number of carbonyl (C=O) groups is 1. The molecule has 7 heteroatoms. The number of halogens is 4. The van der Waals surface area contributed by atoms with E-state index in [1.54, 1.807) is 0 Å². The van der Waals surface area contributed by atoms with Crippen LogP contribution in [-0.2, 0) is 6.54 Å². The Bertz CT molecular complexity index is 373. The molecule has 0 radical (unpaired) electrons. The SMILES string of the molecule is CCCn1ncc(Cl)c1C(=O)C(F)(F)Cl. The molecule has 0 saturated carbocycles. The van der Waals surface area contributed by atoms with E-state index < -0.39 is 11.2 Å². The van der Waals surface area contributed by atoms with Gasteiger partial charge in [-0.15, -0.1) is 0 Å². The van der Waals surface area contributed by atoms with E-state index in [1.807, 2.05) is 6.92 Å². The normalized spacial score (nSPS) is 11.8. The van der Waals surface area contributed by atoms with Gasteiger partial charge in [-0.25, -0.2) is 0 Å². The van der Waals surface area contributed by atoms with Crippen LogP contribution in [0, 0.1) is 0 Å². The Morgan fingerprint density at radius 3 is 2.73 bits per heavy atom. The van der Waals surface area contributed by atoms with E-state index in [1.165, 1.54) is 0 Å². The third kappa shape index (κ3) is 2.66. The lowest BCUT2D eigenvalue weighted by Gasteiger charge is -2.09. The molecule has 0 saturated heterocycles. The quantitative estimate of drug-likeness (QED) is 0.614. The van der Waals surface area contributed by atoms with Gasteiger partial charge in [-0.3, -0.25) is 9.48 Å². The number of ketones is 1. The van der Waals surface area contributed by atoms with Crippen LogP contribution in [-0.4, -0.2) is 20.9 Å². The van der Waals surface area contributed by atoms with E-state index in [-0.39, 0.29) is 10.7 Å². The van der Waals surface area contributed by atoms with Gasteiger partial charge in [0.2, 0.25) is 0 Å². The third-order valence-corrected chi connectivity index (χ3v) is 2.15. The molecule has 0 spiro atoms. The minimum Gasteiger partial charge on any atom is -0.284 e. The molecule has 0 fully saturated rings.